The molecule has 2 heteroatoms. The second-order valence-corrected chi connectivity index (χ2v) is 8.43. The first-order chi connectivity index (χ1) is 8.29. The SMILES string of the molecule is C/C=C/CC1CCN(C2CCP(C)CC2)CC1. The highest BCUT2D eigenvalue weighted by Gasteiger charge is 2.27. The predicted molar refractivity (Wildman–Crippen MR) is 79.3 cm³/mol. The molecule has 0 aromatic carbocycles. The summed E-state index contributed by atoms with van der Waals surface area (Å²) in [6, 6.07) is 0.941. The van der Waals surface area contributed by atoms with E-state index in [4.69, 9.17) is 0 Å². The number of hydrogen-bond acceptors (Lipinski definition) is 1. The minimum atomic E-state index is 0.408. The molecule has 0 amide bonds. The Kier molecular flexibility index (Phi) is 5.50. The standard InChI is InChI=1S/C15H28NP/c1-3-4-5-14-6-10-16(11-7-14)15-8-12-17(2)13-9-15/h3-4,14-15H,5-13H2,1-2H3/b4-3+. The van der Waals surface area contributed by atoms with Crippen molar-refractivity contribution in [3.63, 3.8) is 0 Å². The first-order valence-electron chi connectivity index (χ1n) is 7.33. The summed E-state index contributed by atoms with van der Waals surface area (Å²) >= 11 is 0. The van der Waals surface area contributed by atoms with Crippen molar-refractivity contribution < 1.29 is 0 Å². The predicted octanol–water partition coefficient (Wildman–Crippen LogP) is 3.94. The molecule has 0 aromatic rings. The minimum Gasteiger partial charge on any atom is -0.300 e. The van der Waals surface area contributed by atoms with Gasteiger partial charge >= 0.3 is 0 Å². The van der Waals surface area contributed by atoms with Crippen molar-refractivity contribution in [2.45, 2.75) is 45.1 Å². The van der Waals surface area contributed by atoms with Crippen LogP contribution < -0.4 is 0 Å². The lowest BCUT2D eigenvalue weighted by molar-refractivity contribution is 0.126. The zero-order valence-electron chi connectivity index (χ0n) is 11.6. The lowest BCUT2D eigenvalue weighted by atomic mass is 9.92. The summed E-state index contributed by atoms with van der Waals surface area (Å²) in [5.74, 6) is 0.967. The fourth-order valence-electron chi connectivity index (χ4n) is 3.24. The maximum absolute atomic E-state index is 2.80. The Labute approximate surface area is 108 Å². The van der Waals surface area contributed by atoms with Crippen molar-refractivity contribution in [3.8, 4) is 0 Å². The maximum atomic E-state index is 2.80. The van der Waals surface area contributed by atoms with Crippen LogP contribution in [0.3, 0.4) is 0 Å². The van der Waals surface area contributed by atoms with Gasteiger partial charge in [-0.05, 0) is 77.0 Å². The molecule has 2 fully saturated rings. The van der Waals surface area contributed by atoms with Crippen molar-refractivity contribution in [1.29, 1.82) is 0 Å². The molecule has 2 saturated heterocycles. The number of rotatable bonds is 3. The normalized spacial score (nSPS) is 33.3. The maximum Gasteiger partial charge on any atom is 0.0102 e. The average Bonchev–Trinajstić information content (AvgIpc) is 2.38. The molecule has 98 valence electrons. The largest absolute Gasteiger partial charge is 0.300 e. The highest BCUT2D eigenvalue weighted by molar-refractivity contribution is 7.56. The van der Waals surface area contributed by atoms with Crippen LogP contribution in [0.1, 0.15) is 39.0 Å². The van der Waals surface area contributed by atoms with Crippen LogP contribution in [0.25, 0.3) is 0 Å². The van der Waals surface area contributed by atoms with Crippen molar-refractivity contribution in [2.75, 3.05) is 32.1 Å². The van der Waals surface area contributed by atoms with Gasteiger partial charge in [-0.3, -0.25) is 0 Å². The van der Waals surface area contributed by atoms with E-state index in [1.54, 1.807) is 0 Å². The quantitative estimate of drug-likeness (QED) is 0.544. The molecule has 0 aliphatic carbocycles. The van der Waals surface area contributed by atoms with Gasteiger partial charge in [-0.1, -0.05) is 12.2 Å². The molecule has 0 saturated carbocycles. The van der Waals surface area contributed by atoms with Gasteiger partial charge in [0.2, 0.25) is 0 Å². The second kappa shape index (κ2) is 6.90. The Morgan fingerprint density at radius 3 is 2.35 bits per heavy atom. The fourth-order valence-corrected chi connectivity index (χ4v) is 4.94. The third-order valence-electron chi connectivity index (χ3n) is 4.56. The van der Waals surface area contributed by atoms with Crippen molar-refractivity contribution in [1.82, 2.24) is 4.90 Å². The van der Waals surface area contributed by atoms with Crippen LogP contribution in [0, 0.1) is 5.92 Å². The first kappa shape index (κ1) is 13.6. The zero-order chi connectivity index (χ0) is 12.1. The highest BCUT2D eigenvalue weighted by Crippen LogP contribution is 2.39. The van der Waals surface area contributed by atoms with Crippen LogP contribution in [0.15, 0.2) is 12.2 Å². The number of likely N-dealkylation sites (tertiary alicyclic amines) is 1. The molecule has 0 bridgehead atoms. The van der Waals surface area contributed by atoms with E-state index in [0.717, 1.165) is 12.0 Å². The number of allylic oxidation sites excluding steroid dienone is 2. The molecular formula is C15H28NP. The van der Waals surface area contributed by atoms with Crippen LogP contribution in [-0.4, -0.2) is 43.0 Å². The van der Waals surface area contributed by atoms with Gasteiger partial charge in [0.1, 0.15) is 0 Å². The van der Waals surface area contributed by atoms with E-state index >= 15 is 0 Å². The van der Waals surface area contributed by atoms with Crippen molar-refractivity contribution in [2.24, 2.45) is 5.92 Å². The Morgan fingerprint density at radius 2 is 1.76 bits per heavy atom. The number of nitrogens with zero attached hydrogens (tertiary/aromatic N) is 1. The van der Waals surface area contributed by atoms with Gasteiger partial charge in [0.05, 0.1) is 0 Å². The smallest absolute Gasteiger partial charge is 0.0102 e. The summed E-state index contributed by atoms with van der Waals surface area (Å²) in [6.07, 6.45) is 14.8. The van der Waals surface area contributed by atoms with Gasteiger partial charge < -0.3 is 4.90 Å². The van der Waals surface area contributed by atoms with E-state index in [0.29, 0.717) is 7.92 Å². The summed E-state index contributed by atoms with van der Waals surface area (Å²) < 4.78 is 0. The molecule has 0 spiro atoms. The molecule has 2 aliphatic rings. The molecule has 2 heterocycles. The Morgan fingerprint density at radius 1 is 1.12 bits per heavy atom. The highest BCUT2D eigenvalue weighted by atomic mass is 31.1. The Bertz CT molecular complexity index is 235. The van der Waals surface area contributed by atoms with E-state index in [9.17, 15) is 0 Å². The molecule has 17 heavy (non-hydrogen) atoms. The van der Waals surface area contributed by atoms with Gasteiger partial charge in [0, 0.05) is 6.04 Å². The minimum absolute atomic E-state index is 0.408. The third kappa shape index (κ3) is 4.07. The van der Waals surface area contributed by atoms with Crippen LogP contribution >= 0.6 is 7.92 Å². The van der Waals surface area contributed by atoms with Crippen LogP contribution in [0.2, 0.25) is 0 Å². The molecule has 1 nitrogen and oxygen atoms in total. The molecule has 2 rings (SSSR count). The van der Waals surface area contributed by atoms with Gasteiger partial charge in [0.15, 0.2) is 0 Å². The summed E-state index contributed by atoms with van der Waals surface area (Å²) in [5.41, 5.74) is 0. The zero-order valence-corrected chi connectivity index (χ0v) is 12.5. The summed E-state index contributed by atoms with van der Waals surface area (Å²) in [6.45, 7) is 7.36. The molecule has 0 radical (unpaired) electrons. The fraction of sp³-hybridized carbons (Fsp3) is 0.867. The average molecular weight is 253 g/mol. The third-order valence-corrected chi connectivity index (χ3v) is 6.60. The van der Waals surface area contributed by atoms with E-state index in [2.05, 4.69) is 30.6 Å². The summed E-state index contributed by atoms with van der Waals surface area (Å²) in [7, 11) is 0.408. The molecule has 0 aromatic heterocycles. The van der Waals surface area contributed by atoms with Gasteiger partial charge in [-0.25, -0.2) is 0 Å². The van der Waals surface area contributed by atoms with E-state index < -0.39 is 0 Å². The van der Waals surface area contributed by atoms with Gasteiger partial charge in [0.25, 0.3) is 0 Å². The Balaban J connectivity index is 1.71. The van der Waals surface area contributed by atoms with Crippen molar-refractivity contribution in [3.05, 3.63) is 12.2 Å². The summed E-state index contributed by atoms with van der Waals surface area (Å²) in [5, 5.41) is 0. The molecule has 0 N–H and O–H groups in total. The van der Waals surface area contributed by atoms with Crippen LogP contribution in [0.5, 0.6) is 0 Å². The summed E-state index contributed by atoms with van der Waals surface area (Å²) in [4.78, 5) is 2.80. The first-order valence-corrected chi connectivity index (χ1v) is 9.49. The molecular weight excluding hydrogens is 225 g/mol. The van der Waals surface area contributed by atoms with Gasteiger partial charge in [-0.2, -0.15) is 0 Å². The van der Waals surface area contributed by atoms with Crippen LogP contribution in [0.4, 0.5) is 0 Å². The Hall–Kier alpha value is 0.130. The van der Waals surface area contributed by atoms with E-state index in [1.165, 1.54) is 57.5 Å². The lowest BCUT2D eigenvalue weighted by Gasteiger charge is -2.40. The topological polar surface area (TPSA) is 3.24 Å². The molecule has 0 atom stereocenters. The van der Waals surface area contributed by atoms with Crippen molar-refractivity contribution >= 4 is 7.92 Å². The monoisotopic (exact) mass is 253 g/mol. The van der Waals surface area contributed by atoms with E-state index in [1.807, 2.05) is 0 Å². The molecule has 2 aliphatic heterocycles. The lowest BCUT2D eigenvalue weighted by Crippen LogP contribution is -2.43. The number of piperidine rings is 1. The number of hydrogen-bond donors (Lipinski definition) is 0. The molecule has 0 unspecified atom stereocenters. The van der Waals surface area contributed by atoms with Gasteiger partial charge in [-0.15, -0.1) is 7.92 Å². The van der Waals surface area contributed by atoms with Crippen LogP contribution in [-0.2, 0) is 0 Å². The second-order valence-electron chi connectivity index (χ2n) is 5.82. The van der Waals surface area contributed by atoms with E-state index in [-0.39, 0.29) is 0 Å².